The van der Waals surface area contributed by atoms with Gasteiger partial charge in [0.05, 0.1) is 12.2 Å². The van der Waals surface area contributed by atoms with Crippen molar-refractivity contribution in [3.05, 3.63) is 12.2 Å². The topological polar surface area (TPSA) is 49.7 Å². The molecule has 238 valence electrons. The Kier molecular flexibility index (Phi) is 19.8. The molecule has 4 aliphatic carbocycles. The number of aliphatic hydroxyl groups is 2. The minimum absolute atomic E-state index is 0. The monoisotopic (exact) mass is 557 g/mol. The maximum atomic E-state index is 11.1. The molecule has 0 heterocycles. The number of fused-ring (bicyclic) bond motifs is 5. The summed E-state index contributed by atoms with van der Waals surface area (Å²) in [5.74, 6) is 3.13. The Morgan fingerprint density at radius 1 is 0.846 bits per heavy atom. The van der Waals surface area contributed by atoms with Crippen molar-refractivity contribution in [3.8, 4) is 0 Å². The molecule has 0 saturated heterocycles. The Morgan fingerprint density at radius 2 is 1.36 bits per heavy atom. The lowest BCUT2D eigenvalue weighted by molar-refractivity contribution is -0.213. The maximum Gasteiger partial charge on any atom is 0.0883 e. The van der Waals surface area contributed by atoms with Gasteiger partial charge in [-0.15, -0.1) is 0 Å². The molecule has 8 atom stereocenters. The molecule has 4 rings (SSSR count). The van der Waals surface area contributed by atoms with Crippen LogP contribution in [0, 0.1) is 39.9 Å². The molecule has 4 aliphatic rings. The lowest BCUT2D eigenvalue weighted by Crippen LogP contribution is -2.62. The third kappa shape index (κ3) is 8.13. The molecule has 0 aromatic heterocycles. The fourth-order valence-electron chi connectivity index (χ4n) is 9.53. The van der Waals surface area contributed by atoms with Gasteiger partial charge in [0.15, 0.2) is 0 Å². The van der Waals surface area contributed by atoms with Crippen LogP contribution >= 0.6 is 0 Å². The van der Waals surface area contributed by atoms with Crippen molar-refractivity contribution in [2.75, 3.05) is 20.8 Å². The van der Waals surface area contributed by atoms with Gasteiger partial charge in [-0.1, -0.05) is 94.7 Å². The summed E-state index contributed by atoms with van der Waals surface area (Å²) >= 11 is 0. The van der Waals surface area contributed by atoms with Crippen molar-refractivity contribution in [1.29, 1.82) is 0 Å². The normalized spacial score (nSPS) is 39.3. The van der Waals surface area contributed by atoms with Crippen LogP contribution in [0.25, 0.3) is 0 Å². The van der Waals surface area contributed by atoms with Gasteiger partial charge in [-0.3, -0.25) is 0 Å². The SMILES string of the molecule is C=C(C)[C@H]1CCC2[C@@H]3CCC4C[C@@](O)(COC)CC[C@]4(C)[C@@]3(CC)CC[C@@]21C.CC.CC.CC.CCC.CO.[HH]. The Labute approximate surface area is 248 Å². The first-order chi connectivity index (χ1) is 18.6. The molecule has 4 saturated carbocycles. The first-order valence-corrected chi connectivity index (χ1v) is 16.9. The molecule has 0 aromatic rings. The van der Waals surface area contributed by atoms with Crippen LogP contribution in [0.2, 0.25) is 0 Å². The number of methoxy groups -OCH3 is 1. The van der Waals surface area contributed by atoms with E-state index in [1.807, 2.05) is 41.5 Å². The number of allylic oxidation sites excluding steroid dienone is 1. The van der Waals surface area contributed by atoms with Crippen LogP contribution in [0.15, 0.2) is 12.2 Å². The van der Waals surface area contributed by atoms with E-state index in [1.54, 1.807) is 7.11 Å². The third-order valence-corrected chi connectivity index (χ3v) is 11.0. The van der Waals surface area contributed by atoms with Gasteiger partial charge in [0.25, 0.3) is 0 Å². The summed E-state index contributed by atoms with van der Waals surface area (Å²) in [6.45, 7) is 31.1. The van der Waals surface area contributed by atoms with Crippen LogP contribution in [0.4, 0.5) is 0 Å². The average Bonchev–Trinajstić information content (AvgIpc) is 3.31. The van der Waals surface area contributed by atoms with E-state index in [1.165, 1.54) is 63.4 Å². The quantitative estimate of drug-likeness (QED) is 0.339. The number of hydrogen-bond acceptors (Lipinski definition) is 3. The van der Waals surface area contributed by atoms with Crippen molar-refractivity contribution in [2.45, 2.75) is 159 Å². The van der Waals surface area contributed by atoms with Crippen LogP contribution in [0.1, 0.15) is 155 Å². The van der Waals surface area contributed by atoms with Crippen LogP contribution in [0.3, 0.4) is 0 Å². The highest BCUT2D eigenvalue weighted by Gasteiger charge is 2.67. The highest BCUT2D eigenvalue weighted by atomic mass is 16.5. The molecule has 39 heavy (non-hydrogen) atoms. The van der Waals surface area contributed by atoms with Crippen molar-refractivity contribution in [2.24, 2.45) is 39.9 Å². The molecule has 0 bridgehead atoms. The molecule has 0 aliphatic heterocycles. The number of ether oxygens (including phenoxy) is 1. The van der Waals surface area contributed by atoms with Crippen molar-refractivity contribution in [3.63, 3.8) is 0 Å². The van der Waals surface area contributed by atoms with Gasteiger partial charge >= 0.3 is 0 Å². The minimum atomic E-state index is -0.595. The number of rotatable bonds is 4. The van der Waals surface area contributed by atoms with Gasteiger partial charge < -0.3 is 14.9 Å². The van der Waals surface area contributed by atoms with Gasteiger partial charge in [-0.2, -0.15) is 0 Å². The van der Waals surface area contributed by atoms with E-state index in [0.29, 0.717) is 28.8 Å². The van der Waals surface area contributed by atoms with E-state index in [2.05, 4.69) is 48.1 Å². The Morgan fingerprint density at radius 3 is 1.82 bits per heavy atom. The van der Waals surface area contributed by atoms with E-state index < -0.39 is 5.60 Å². The molecule has 4 fully saturated rings. The molecule has 3 nitrogen and oxygen atoms in total. The third-order valence-electron chi connectivity index (χ3n) is 11.0. The zero-order chi connectivity index (χ0) is 31.1. The van der Waals surface area contributed by atoms with E-state index in [0.717, 1.165) is 37.7 Å². The Hall–Kier alpha value is -0.380. The zero-order valence-corrected chi connectivity index (χ0v) is 29.3. The predicted octanol–water partition coefficient (Wildman–Crippen LogP) is 10.7. The second-order valence-electron chi connectivity index (χ2n) is 12.5. The molecule has 0 aromatic carbocycles. The summed E-state index contributed by atoms with van der Waals surface area (Å²) in [4.78, 5) is 0. The summed E-state index contributed by atoms with van der Waals surface area (Å²) in [6, 6.07) is 0. The Balaban J connectivity index is -0.00000101. The highest BCUT2D eigenvalue weighted by molar-refractivity contribution is 5.19. The smallest absolute Gasteiger partial charge is 0.0883 e. The minimum Gasteiger partial charge on any atom is -0.400 e. The van der Waals surface area contributed by atoms with Gasteiger partial charge in [0, 0.05) is 15.6 Å². The first-order valence-electron chi connectivity index (χ1n) is 16.9. The molecule has 0 radical (unpaired) electrons. The van der Waals surface area contributed by atoms with E-state index >= 15 is 0 Å². The van der Waals surface area contributed by atoms with Crippen molar-refractivity contribution < 1.29 is 16.4 Å². The highest BCUT2D eigenvalue weighted by Crippen LogP contribution is 2.74. The molecular formula is C36H76O3. The molecular weight excluding hydrogens is 480 g/mol. The maximum absolute atomic E-state index is 11.1. The summed E-state index contributed by atoms with van der Waals surface area (Å²) in [6.07, 6.45) is 13.8. The Bertz CT molecular complexity index is 654. The lowest BCUT2D eigenvalue weighted by Gasteiger charge is -2.68. The van der Waals surface area contributed by atoms with Gasteiger partial charge in [-0.25, -0.2) is 0 Å². The average molecular weight is 557 g/mol. The summed E-state index contributed by atoms with van der Waals surface area (Å²) < 4.78 is 5.40. The molecule has 0 spiro atoms. The number of hydrogen-bond donors (Lipinski definition) is 2. The van der Waals surface area contributed by atoms with E-state index in [4.69, 9.17) is 9.84 Å². The fraction of sp³-hybridized carbons (Fsp3) is 0.944. The summed E-state index contributed by atoms with van der Waals surface area (Å²) in [7, 11) is 2.73. The zero-order valence-electron chi connectivity index (χ0n) is 29.3. The molecule has 0 amide bonds. The van der Waals surface area contributed by atoms with Crippen LogP contribution in [-0.4, -0.2) is 36.6 Å². The lowest BCUT2D eigenvalue weighted by atomic mass is 9.36. The van der Waals surface area contributed by atoms with E-state index in [-0.39, 0.29) is 1.43 Å². The van der Waals surface area contributed by atoms with E-state index in [9.17, 15) is 5.11 Å². The van der Waals surface area contributed by atoms with Gasteiger partial charge in [0.1, 0.15) is 0 Å². The second kappa shape index (κ2) is 18.9. The van der Waals surface area contributed by atoms with Gasteiger partial charge in [-0.05, 0) is 111 Å². The second-order valence-corrected chi connectivity index (χ2v) is 12.5. The van der Waals surface area contributed by atoms with Crippen LogP contribution in [-0.2, 0) is 4.74 Å². The molecule has 3 heteroatoms. The number of aliphatic hydroxyl groups excluding tert-OH is 1. The molecule has 2 unspecified atom stereocenters. The summed E-state index contributed by atoms with van der Waals surface area (Å²) in [5.41, 5.74) is 2.16. The van der Waals surface area contributed by atoms with Crippen molar-refractivity contribution >= 4 is 0 Å². The molecule has 2 N–H and O–H groups in total. The van der Waals surface area contributed by atoms with Crippen molar-refractivity contribution in [1.82, 2.24) is 0 Å². The van der Waals surface area contributed by atoms with Crippen LogP contribution < -0.4 is 0 Å². The first kappa shape index (κ1) is 40.8. The largest absolute Gasteiger partial charge is 0.400 e. The van der Waals surface area contributed by atoms with Crippen LogP contribution in [0.5, 0.6) is 0 Å². The predicted molar refractivity (Wildman–Crippen MR) is 176 cm³/mol. The fourth-order valence-corrected chi connectivity index (χ4v) is 9.53. The van der Waals surface area contributed by atoms with Gasteiger partial charge in [0.2, 0.25) is 0 Å². The standard InChI is InChI=1S/C26H44O2.C3H8.3C2H6.CH4O.H2/c1-7-26-15-12-23(4)20(18(2)3)10-11-21(23)22(26)9-8-19-16-25(27,17-28-6)14-13-24(19,26)5;1-3-2;4*1-2;/h19-22,27H,2,7-17H2,1,3-6H3;3H2,1-2H3;3*1-2H3;2H,1H3;1H/t19?,20-,21?,22+,23-,24+,25-,26+;;;;;;/m1....../s1. The summed E-state index contributed by atoms with van der Waals surface area (Å²) in [5, 5.41) is 18.1.